The molecule has 4 rings (SSSR count). The smallest absolute Gasteiger partial charge is 0.321 e. The van der Waals surface area contributed by atoms with Crippen molar-refractivity contribution in [1.29, 1.82) is 0 Å². The highest BCUT2D eigenvalue weighted by molar-refractivity contribution is 7.99. The van der Waals surface area contributed by atoms with Gasteiger partial charge >= 0.3 is 6.03 Å². The van der Waals surface area contributed by atoms with E-state index in [0.29, 0.717) is 11.2 Å². The molecule has 0 unspecified atom stereocenters. The van der Waals surface area contributed by atoms with Gasteiger partial charge in [0.2, 0.25) is 5.91 Å². The Morgan fingerprint density at radius 2 is 2.10 bits per heavy atom. The number of para-hydroxylation sites is 1. The predicted molar refractivity (Wildman–Crippen MR) is 113 cm³/mol. The number of urea groups is 1. The molecule has 1 atom stereocenters. The molecular weight excluding hydrogens is 388 g/mol. The van der Waals surface area contributed by atoms with Gasteiger partial charge in [-0.05, 0) is 32.3 Å². The van der Waals surface area contributed by atoms with E-state index in [9.17, 15) is 9.59 Å². The topological polar surface area (TPSA) is 105 Å². The number of fused-ring (bicyclic) bond motifs is 1. The summed E-state index contributed by atoms with van der Waals surface area (Å²) in [5.74, 6) is 0.560. The molecule has 0 bridgehead atoms. The van der Waals surface area contributed by atoms with Crippen molar-refractivity contribution in [1.82, 2.24) is 30.4 Å². The van der Waals surface area contributed by atoms with Crippen molar-refractivity contribution in [2.75, 3.05) is 5.75 Å². The fraction of sp³-hybridized carbons (Fsp3) is 0.400. The number of H-pyrrole nitrogens is 1. The number of carbonyl (C=O) groups is 2. The molecule has 0 saturated heterocycles. The molecule has 3 amide bonds. The first-order valence-electron chi connectivity index (χ1n) is 9.81. The monoisotopic (exact) mass is 412 g/mol. The zero-order chi connectivity index (χ0) is 20.4. The van der Waals surface area contributed by atoms with E-state index in [1.807, 2.05) is 38.2 Å². The minimum atomic E-state index is -0.465. The Morgan fingerprint density at radius 3 is 2.86 bits per heavy atom. The van der Waals surface area contributed by atoms with Crippen LogP contribution in [-0.4, -0.2) is 43.5 Å². The van der Waals surface area contributed by atoms with Crippen LogP contribution >= 0.6 is 11.8 Å². The summed E-state index contributed by atoms with van der Waals surface area (Å²) in [4.78, 5) is 27.2. The molecule has 2 aromatic heterocycles. The Kier molecular flexibility index (Phi) is 5.57. The number of benzene rings is 1. The number of thioether (sulfide) groups is 1. The Balaban J connectivity index is 1.48. The van der Waals surface area contributed by atoms with Crippen LogP contribution in [-0.2, 0) is 4.79 Å². The summed E-state index contributed by atoms with van der Waals surface area (Å²) in [5, 5.41) is 15.6. The number of hydrogen-bond acceptors (Lipinski definition) is 5. The maximum atomic E-state index is 12.1. The standard InChI is InChI=1S/C20H24N6O2S/c1-3-12(2)22-19(28)23-17(27)11-29-20-25-24-18(26(20)13-8-9-13)15-10-21-16-7-5-4-6-14(15)16/h4-7,10,12-13,21H,3,8-9,11H2,1-2H3,(H2,22,23,27,28)/t12-/m1/s1. The average molecular weight is 413 g/mol. The Hall–Kier alpha value is -2.81. The highest BCUT2D eigenvalue weighted by Gasteiger charge is 2.31. The van der Waals surface area contributed by atoms with Gasteiger partial charge in [0.15, 0.2) is 11.0 Å². The molecule has 1 aliphatic carbocycles. The van der Waals surface area contributed by atoms with E-state index in [4.69, 9.17) is 0 Å². The summed E-state index contributed by atoms with van der Waals surface area (Å²) in [6, 6.07) is 7.99. The number of rotatable bonds is 7. The van der Waals surface area contributed by atoms with Crippen molar-refractivity contribution in [2.45, 2.75) is 50.4 Å². The van der Waals surface area contributed by atoms with Gasteiger partial charge in [-0.2, -0.15) is 0 Å². The van der Waals surface area contributed by atoms with Crippen molar-refractivity contribution >= 4 is 34.6 Å². The SMILES string of the molecule is CC[C@@H](C)NC(=O)NC(=O)CSc1nnc(-c2c[nH]c3ccccc23)n1C1CC1. The normalized spacial score (nSPS) is 14.7. The third-order valence-corrected chi connectivity index (χ3v) is 5.92. The fourth-order valence-corrected chi connectivity index (χ4v) is 3.94. The molecule has 29 heavy (non-hydrogen) atoms. The first kappa shape index (κ1) is 19.5. The van der Waals surface area contributed by atoms with E-state index >= 15 is 0 Å². The molecule has 1 aromatic carbocycles. The second kappa shape index (κ2) is 8.28. The lowest BCUT2D eigenvalue weighted by molar-refractivity contribution is -0.117. The molecule has 9 heteroatoms. The predicted octanol–water partition coefficient (Wildman–Crippen LogP) is 3.48. The minimum absolute atomic E-state index is 0.0205. The highest BCUT2D eigenvalue weighted by atomic mass is 32.2. The molecule has 3 N–H and O–H groups in total. The van der Waals surface area contributed by atoms with Gasteiger partial charge in [0, 0.05) is 34.7 Å². The van der Waals surface area contributed by atoms with Gasteiger partial charge in [-0.1, -0.05) is 36.9 Å². The van der Waals surface area contributed by atoms with E-state index in [1.165, 1.54) is 11.8 Å². The van der Waals surface area contributed by atoms with Crippen molar-refractivity contribution < 1.29 is 9.59 Å². The van der Waals surface area contributed by atoms with E-state index in [2.05, 4.69) is 36.4 Å². The van der Waals surface area contributed by atoms with E-state index in [0.717, 1.165) is 41.6 Å². The van der Waals surface area contributed by atoms with Crippen molar-refractivity contribution in [3.63, 3.8) is 0 Å². The summed E-state index contributed by atoms with van der Waals surface area (Å²) in [7, 11) is 0. The molecule has 0 aliphatic heterocycles. The number of aromatic nitrogens is 4. The Labute approximate surface area is 172 Å². The summed E-state index contributed by atoms with van der Waals surface area (Å²) < 4.78 is 2.12. The van der Waals surface area contributed by atoms with Gasteiger partial charge < -0.3 is 10.3 Å². The molecule has 0 radical (unpaired) electrons. The van der Waals surface area contributed by atoms with Crippen molar-refractivity contribution in [2.24, 2.45) is 0 Å². The molecule has 152 valence electrons. The van der Waals surface area contributed by atoms with Gasteiger partial charge in [-0.25, -0.2) is 4.79 Å². The molecule has 8 nitrogen and oxygen atoms in total. The Morgan fingerprint density at radius 1 is 1.31 bits per heavy atom. The number of nitrogens with one attached hydrogen (secondary N) is 3. The third kappa shape index (κ3) is 4.29. The molecule has 1 saturated carbocycles. The van der Waals surface area contributed by atoms with Crippen LogP contribution in [0.2, 0.25) is 0 Å². The number of aromatic amines is 1. The lowest BCUT2D eigenvalue weighted by atomic mass is 10.1. The third-order valence-electron chi connectivity index (χ3n) is 4.98. The highest BCUT2D eigenvalue weighted by Crippen LogP contribution is 2.42. The van der Waals surface area contributed by atoms with Crippen LogP contribution in [0.5, 0.6) is 0 Å². The first-order valence-corrected chi connectivity index (χ1v) is 10.8. The molecule has 1 fully saturated rings. The van der Waals surface area contributed by atoms with Crippen LogP contribution in [0, 0.1) is 0 Å². The van der Waals surface area contributed by atoms with E-state index in [1.54, 1.807) is 0 Å². The molecule has 0 spiro atoms. The van der Waals surface area contributed by atoms with Gasteiger partial charge in [0.1, 0.15) is 0 Å². The van der Waals surface area contributed by atoms with Crippen molar-refractivity contribution in [3.8, 4) is 11.4 Å². The average Bonchev–Trinajstić information content (AvgIpc) is 3.32. The zero-order valence-corrected chi connectivity index (χ0v) is 17.3. The van der Waals surface area contributed by atoms with Crippen LogP contribution in [0.25, 0.3) is 22.3 Å². The van der Waals surface area contributed by atoms with Crippen LogP contribution in [0.15, 0.2) is 35.6 Å². The number of carbonyl (C=O) groups excluding carboxylic acids is 2. The number of nitrogens with zero attached hydrogens (tertiary/aromatic N) is 3. The summed E-state index contributed by atoms with van der Waals surface area (Å²) >= 11 is 1.30. The van der Waals surface area contributed by atoms with Gasteiger partial charge in [0.05, 0.1) is 5.75 Å². The summed E-state index contributed by atoms with van der Waals surface area (Å²) in [6.45, 7) is 3.86. The second-order valence-electron chi connectivity index (χ2n) is 7.27. The van der Waals surface area contributed by atoms with Crippen LogP contribution in [0.4, 0.5) is 4.79 Å². The largest absolute Gasteiger partial charge is 0.360 e. The van der Waals surface area contributed by atoms with Crippen LogP contribution in [0.1, 0.15) is 39.2 Å². The van der Waals surface area contributed by atoms with E-state index < -0.39 is 6.03 Å². The number of amides is 3. The molecule has 1 aliphatic rings. The van der Waals surface area contributed by atoms with Gasteiger partial charge in [0.25, 0.3) is 0 Å². The van der Waals surface area contributed by atoms with Crippen LogP contribution in [0.3, 0.4) is 0 Å². The van der Waals surface area contributed by atoms with Crippen LogP contribution < -0.4 is 10.6 Å². The molecule has 3 aromatic rings. The lowest BCUT2D eigenvalue weighted by Gasteiger charge is -2.12. The molecular formula is C20H24N6O2S. The maximum Gasteiger partial charge on any atom is 0.321 e. The second-order valence-corrected chi connectivity index (χ2v) is 8.22. The number of hydrogen-bond donors (Lipinski definition) is 3. The fourth-order valence-electron chi connectivity index (χ4n) is 3.13. The van der Waals surface area contributed by atoms with Gasteiger partial charge in [-0.3, -0.25) is 14.7 Å². The Bertz CT molecular complexity index is 1040. The van der Waals surface area contributed by atoms with Crippen molar-refractivity contribution in [3.05, 3.63) is 30.5 Å². The van der Waals surface area contributed by atoms with E-state index in [-0.39, 0.29) is 17.7 Å². The first-order chi connectivity index (χ1) is 14.1. The maximum absolute atomic E-state index is 12.1. The summed E-state index contributed by atoms with van der Waals surface area (Å²) in [6.07, 6.45) is 4.90. The molecule has 2 heterocycles. The lowest BCUT2D eigenvalue weighted by Crippen LogP contribution is -2.43. The summed E-state index contributed by atoms with van der Waals surface area (Å²) in [5.41, 5.74) is 2.05. The quantitative estimate of drug-likeness (QED) is 0.515. The zero-order valence-electron chi connectivity index (χ0n) is 16.4. The number of imide groups is 1. The minimum Gasteiger partial charge on any atom is -0.360 e. The van der Waals surface area contributed by atoms with Gasteiger partial charge in [-0.15, -0.1) is 10.2 Å².